The second kappa shape index (κ2) is 7.88. The van der Waals surface area contributed by atoms with Crippen molar-refractivity contribution in [2.75, 3.05) is 0 Å². The second-order valence-electron chi connectivity index (χ2n) is 9.25. The van der Waals surface area contributed by atoms with Crippen molar-refractivity contribution in [1.82, 2.24) is 0 Å². The van der Waals surface area contributed by atoms with E-state index < -0.39 is 25.2 Å². The van der Waals surface area contributed by atoms with E-state index in [-0.39, 0.29) is 33.3 Å². The molecule has 0 amide bonds. The molecular weight excluding hydrogens is 479 g/mol. The van der Waals surface area contributed by atoms with Crippen LogP contribution in [0.1, 0.15) is 46.1 Å². The van der Waals surface area contributed by atoms with E-state index in [2.05, 4.69) is 34.8 Å². The Labute approximate surface area is 183 Å². The van der Waals surface area contributed by atoms with E-state index >= 15 is 0 Å². The number of rotatable bonds is 6. The molecule has 0 spiro atoms. The third kappa shape index (κ3) is 3.96. The molecule has 4 rings (SSSR count). The summed E-state index contributed by atoms with van der Waals surface area (Å²) < 4.78 is 37.8. The van der Waals surface area contributed by atoms with E-state index in [9.17, 15) is 28.1 Å². The molecule has 0 saturated heterocycles. The molecule has 2 N–H and O–H groups in total. The fraction of sp³-hybridized carbons (Fsp3) is 0.619. The van der Waals surface area contributed by atoms with E-state index in [1.54, 1.807) is 6.92 Å². The number of nitrogens with zero attached hydrogens (tertiary/aromatic N) is 1. The monoisotopic (exact) mass is 505 g/mol. The van der Waals surface area contributed by atoms with Crippen LogP contribution in [-0.2, 0) is 15.8 Å². The molecule has 5 atom stereocenters. The number of ketones is 1. The zero-order chi connectivity index (χ0) is 22.6. The van der Waals surface area contributed by atoms with E-state index in [1.165, 1.54) is 25.1 Å². The molecular formula is C21H27BrF2NO4P. The van der Waals surface area contributed by atoms with Crippen molar-refractivity contribution in [3.63, 3.8) is 0 Å². The van der Waals surface area contributed by atoms with Gasteiger partial charge in [-0.3, -0.25) is 14.4 Å². The summed E-state index contributed by atoms with van der Waals surface area (Å²) >= 11 is 3.09. The van der Waals surface area contributed by atoms with Gasteiger partial charge in [0.25, 0.3) is 7.37 Å². The number of halogens is 3. The lowest BCUT2D eigenvalue weighted by Gasteiger charge is -2.62. The first kappa shape index (κ1) is 23.7. The number of carbonyl (C=O) groups excluding carboxylic acids is 1. The van der Waals surface area contributed by atoms with Crippen LogP contribution in [0.2, 0.25) is 0 Å². The molecule has 30 heavy (non-hydrogen) atoms. The van der Waals surface area contributed by atoms with Gasteiger partial charge in [-0.15, -0.1) is 0 Å². The van der Waals surface area contributed by atoms with Gasteiger partial charge in [0.05, 0.1) is 5.30 Å². The Hall–Kier alpha value is -0.950. The van der Waals surface area contributed by atoms with Gasteiger partial charge >= 0.3 is 6.17 Å². The van der Waals surface area contributed by atoms with E-state index in [0.717, 1.165) is 6.42 Å². The van der Waals surface area contributed by atoms with E-state index in [1.807, 2.05) is 0 Å². The number of aliphatic hydroxyl groups is 1. The van der Waals surface area contributed by atoms with Gasteiger partial charge in [0.1, 0.15) is 11.6 Å². The van der Waals surface area contributed by atoms with Crippen LogP contribution in [0.5, 0.6) is 0 Å². The number of aliphatic imine (C=N–C) groups is 1. The Morgan fingerprint density at radius 2 is 2.00 bits per heavy atom. The number of fused-ring (bicyclic) bond motifs is 2. The zero-order valence-corrected chi connectivity index (χ0v) is 19.9. The van der Waals surface area contributed by atoms with E-state index in [0.29, 0.717) is 23.6 Å². The van der Waals surface area contributed by atoms with Gasteiger partial charge in [-0.05, 0) is 77.6 Å². The van der Waals surface area contributed by atoms with Gasteiger partial charge in [0.2, 0.25) is 0 Å². The molecule has 166 valence electrons. The molecule has 5 nitrogen and oxygen atoms in total. The second-order valence-corrected chi connectivity index (χ2v) is 12.2. The molecule has 3 saturated carbocycles. The summed E-state index contributed by atoms with van der Waals surface area (Å²) in [6.45, 7) is 7.49. The molecule has 1 aromatic rings. The van der Waals surface area contributed by atoms with Gasteiger partial charge in [0, 0.05) is 16.6 Å². The molecule has 9 heteroatoms. The standard InChI is InChI=1S/C21H27BrF2NO4P/c1-11(26)15(25-18-10-13-9-17(20(13,2)3)21(18,4)27)8-12-5-6-16(14(22)7-12)30(28,29)19(23)24/h5-7,13,15,17,19,27H,8-10H2,1-4H3,(H,28,29)/t13?,15-,17?,21?/m0/s1. The first-order valence-corrected chi connectivity index (χ1v) is 12.4. The van der Waals surface area contributed by atoms with Crippen LogP contribution in [-0.4, -0.2) is 39.3 Å². The lowest BCUT2D eigenvalue weighted by atomic mass is 9.44. The van der Waals surface area contributed by atoms with Gasteiger partial charge in [-0.2, -0.15) is 8.78 Å². The van der Waals surface area contributed by atoms with Crippen molar-refractivity contribution < 1.29 is 28.1 Å². The average molecular weight is 506 g/mol. The van der Waals surface area contributed by atoms with Gasteiger partial charge in [-0.1, -0.05) is 19.9 Å². The van der Waals surface area contributed by atoms with E-state index in [4.69, 9.17) is 0 Å². The molecule has 4 unspecified atom stereocenters. The van der Waals surface area contributed by atoms with Crippen LogP contribution in [0.15, 0.2) is 27.7 Å². The van der Waals surface area contributed by atoms with Gasteiger partial charge < -0.3 is 10.00 Å². The quantitative estimate of drug-likeness (QED) is 0.563. The maximum Gasteiger partial charge on any atom is 0.316 e. The SMILES string of the molecule is CC(=O)[C@H](Cc1ccc(P(=O)(O)C(F)F)c(Br)c1)N=C1CC2CC(C1(C)O)C2(C)C. The highest BCUT2D eigenvalue weighted by molar-refractivity contribution is 9.10. The van der Waals surface area contributed by atoms with Crippen LogP contribution < -0.4 is 5.30 Å². The highest BCUT2D eigenvalue weighted by atomic mass is 79.9. The number of Topliss-reactive ketones (excluding diaryl/α,β-unsaturated/α-hetero) is 1. The molecule has 1 aromatic carbocycles. The Morgan fingerprint density at radius 3 is 2.47 bits per heavy atom. The van der Waals surface area contributed by atoms with Gasteiger partial charge in [0.15, 0.2) is 5.78 Å². The Morgan fingerprint density at radius 1 is 1.37 bits per heavy atom. The summed E-state index contributed by atoms with van der Waals surface area (Å²) in [4.78, 5) is 26.5. The Kier molecular flexibility index (Phi) is 6.22. The summed E-state index contributed by atoms with van der Waals surface area (Å²) in [6, 6.07) is 3.39. The maximum absolute atomic E-state index is 12.9. The molecule has 0 heterocycles. The van der Waals surface area contributed by atoms with Crippen LogP contribution in [0.3, 0.4) is 0 Å². The molecule has 0 radical (unpaired) electrons. The van der Waals surface area contributed by atoms with Crippen LogP contribution in [0.4, 0.5) is 8.78 Å². The number of hydrogen-bond donors (Lipinski definition) is 2. The van der Waals surface area contributed by atoms with Crippen LogP contribution >= 0.6 is 23.3 Å². The summed E-state index contributed by atoms with van der Waals surface area (Å²) in [7, 11) is -4.80. The van der Waals surface area contributed by atoms with Crippen molar-refractivity contribution in [2.45, 2.75) is 64.8 Å². The van der Waals surface area contributed by atoms with Gasteiger partial charge in [-0.25, -0.2) is 0 Å². The fourth-order valence-electron chi connectivity index (χ4n) is 4.87. The lowest BCUT2D eigenvalue weighted by Crippen LogP contribution is -2.65. The third-order valence-electron chi connectivity index (χ3n) is 7.00. The summed E-state index contributed by atoms with van der Waals surface area (Å²) in [5.41, 5.74) is 0.219. The number of alkyl halides is 2. The largest absolute Gasteiger partial charge is 0.384 e. The molecule has 3 aliphatic rings. The van der Waals surface area contributed by atoms with Crippen LogP contribution in [0.25, 0.3) is 0 Å². The van der Waals surface area contributed by atoms with Crippen LogP contribution in [0, 0.1) is 17.3 Å². The lowest BCUT2D eigenvalue weighted by molar-refractivity contribution is -0.134. The maximum atomic E-state index is 12.9. The van der Waals surface area contributed by atoms with Crippen molar-refractivity contribution in [2.24, 2.45) is 22.2 Å². The minimum absolute atomic E-state index is 0.0396. The number of carbonyl (C=O) groups is 1. The molecule has 3 aliphatic carbocycles. The number of hydrogen-bond acceptors (Lipinski definition) is 4. The first-order chi connectivity index (χ1) is 13.7. The molecule has 2 bridgehead atoms. The summed E-state index contributed by atoms with van der Waals surface area (Å²) in [5.74, 6) is 0.351. The summed E-state index contributed by atoms with van der Waals surface area (Å²) in [5, 5.41) is 10.8. The molecule has 3 fully saturated rings. The highest BCUT2D eigenvalue weighted by Crippen LogP contribution is 2.61. The molecule has 0 aromatic heterocycles. The van der Waals surface area contributed by atoms with Crippen molar-refractivity contribution >= 4 is 40.1 Å². The summed E-state index contributed by atoms with van der Waals surface area (Å²) in [6.07, 6.45) is -1.58. The Bertz CT molecular complexity index is 947. The first-order valence-electron chi connectivity index (χ1n) is 9.88. The third-order valence-corrected chi connectivity index (χ3v) is 9.58. The minimum atomic E-state index is -4.80. The van der Waals surface area contributed by atoms with Crippen molar-refractivity contribution in [3.05, 3.63) is 28.2 Å². The topological polar surface area (TPSA) is 87.0 Å². The zero-order valence-electron chi connectivity index (χ0n) is 17.4. The Balaban J connectivity index is 1.86. The average Bonchev–Trinajstić information content (AvgIpc) is 2.61. The molecule has 0 aliphatic heterocycles. The minimum Gasteiger partial charge on any atom is -0.384 e. The fourth-order valence-corrected chi connectivity index (χ4v) is 6.93. The highest BCUT2D eigenvalue weighted by Gasteiger charge is 2.61. The number of benzene rings is 1. The predicted molar refractivity (Wildman–Crippen MR) is 116 cm³/mol. The normalized spacial score (nSPS) is 31.9. The van der Waals surface area contributed by atoms with Crippen molar-refractivity contribution in [3.8, 4) is 0 Å². The predicted octanol–water partition coefficient (Wildman–Crippen LogP) is 4.33. The smallest absolute Gasteiger partial charge is 0.316 e. The van der Waals surface area contributed by atoms with Crippen molar-refractivity contribution in [1.29, 1.82) is 0 Å².